The molecule has 0 saturated heterocycles. The first kappa shape index (κ1) is 13.9. The Bertz CT molecular complexity index is 404. The summed E-state index contributed by atoms with van der Waals surface area (Å²) < 4.78 is 11.7. The second kappa shape index (κ2) is 7.22. The molecule has 0 bridgehead atoms. The predicted molar refractivity (Wildman–Crippen MR) is 71.5 cm³/mol. The van der Waals surface area contributed by atoms with Crippen LogP contribution in [0, 0.1) is 0 Å². The highest BCUT2D eigenvalue weighted by molar-refractivity contribution is 7.84. The third-order valence-corrected chi connectivity index (χ3v) is 3.87. The molecule has 1 aromatic rings. The van der Waals surface area contributed by atoms with Crippen LogP contribution in [0.1, 0.15) is 35.7 Å². The fourth-order valence-corrected chi connectivity index (χ4v) is 2.82. The predicted octanol–water partition coefficient (Wildman–Crippen LogP) is 2.09. The summed E-state index contributed by atoms with van der Waals surface area (Å²) in [6.45, 7) is 2.09. The molecule has 1 aromatic carbocycles. The van der Waals surface area contributed by atoms with E-state index in [1.807, 2.05) is 18.2 Å². The largest absolute Gasteiger partial charge is 0.355 e. The van der Waals surface area contributed by atoms with E-state index < -0.39 is 10.8 Å². The maximum atomic E-state index is 11.7. The maximum Gasteiger partial charge on any atom is 0.251 e. The lowest BCUT2D eigenvalue weighted by Gasteiger charge is -2.04. The second-order valence-corrected chi connectivity index (χ2v) is 5.50. The summed E-state index contributed by atoms with van der Waals surface area (Å²) in [6, 6.07) is 7.31. The van der Waals surface area contributed by atoms with Gasteiger partial charge in [0.05, 0.1) is 0 Å². The lowest BCUT2D eigenvalue weighted by atomic mass is 10.1. The van der Waals surface area contributed by atoms with Crippen LogP contribution in [-0.4, -0.2) is 22.9 Å². The van der Waals surface area contributed by atoms with Crippen LogP contribution >= 0.6 is 0 Å². The first-order valence-electron chi connectivity index (χ1n) is 5.83. The highest BCUT2D eigenvalue weighted by Crippen LogP contribution is 2.08. The topological polar surface area (TPSA) is 46.2 Å². The van der Waals surface area contributed by atoms with Gasteiger partial charge in [-0.25, -0.2) is 0 Å². The zero-order chi connectivity index (χ0) is 12.7. The van der Waals surface area contributed by atoms with E-state index in [1.165, 1.54) is 0 Å². The van der Waals surface area contributed by atoms with Gasteiger partial charge >= 0.3 is 0 Å². The molecule has 0 aliphatic carbocycles. The van der Waals surface area contributed by atoms with Gasteiger partial charge < -0.3 is 5.32 Å². The Morgan fingerprint density at radius 3 is 2.82 bits per heavy atom. The summed E-state index contributed by atoms with van der Waals surface area (Å²) >= 11 is 0. The van der Waals surface area contributed by atoms with E-state index in [0.29, 0.717) is 11.3 Å². The smallest absolute Gasteiger partial charge is 0.251 e. The molecule has 0 fully saturated rings. The minimum Gasteiger partial charge on any atom is -0.355 e. The molecular formula is C13H19NO2S. The standard InChI is InChI=1S/C13H19NO2S/c1-3-4-8-17(16)10-11-6-5-7-12(9-11)13(15)14-2/h5-7,9H,3-4,8,10H2,1-2H3,(H,14,15)/t17-/m1/s1. The van der Waals surface area contributed by atoms with Crippen molar-refractivity contribution in [1.82, 2.24) is 5.32 Å². The van der Waals surface area contributed by atoms with Gasteiger partial charge in [-0.1, -0.05) is 25.5 Å². The number of rotatable bonds is 6. The third-order valence-electron chi connectivity index (χ3n) is 2.47. The van der Waals surface area contributed by atoms with Crippen molar-refractivity contribution in [3.63, 3.8) is 0 Å². The van der Waals surface area contributed by atoms with Gasteiger partial charge in [0.15, 0.2) is 0 Å². The van der Waals surface area contributed by atoms with E-state index in [9.17, 15) is 9.00 Å². The van der Waals surface area contributed by atoms with E-state index in [1.54, 1.807) is 13.1 Å². The Hall–Kier alpha value is -1.16. The summed E-state index contributed by atoms with van der Waals surface area (Å²) in [5.41, 5.74) is 1.58. The number of carbonyl (C=O) groups excluding carboxylic acids is 1. The molecule has 94 valence electrons. The van der Waals surface area contributed by atoms with E-state index in [4.69, 9.17) is 0 Å². The van der Waals surface area contributed by atoms with Crippen molar-refractivity contribution in [2.45, 2.75) is 25.5 Å². The molecule has 4 heteroatoms. The van der Waals surface area contributed by atoms with Gasteiger partial charge in [0.1, 0.15) is 0 Å². The number of hydrogen-bond donors (Lipinski definition) is 1. The monoisotopic (exact) mass is 253 g/mol. The summed E-state index contributed by atoms with van der Waals surface area (Å²) in [5.74, 6) is 1.16. The number of hydrogen-bond acceptors (Lipinski definition) is 2. The summed E-state index contributed by atoms with van der Waals surface area (Å²) in [4.78, 5) is 11.4. The van der Waals surface area contributed by atoms with Gasteiger partial charge in [-0.05, 0) is 24.1 Å². The first-order valence-corrected chi connectivity index (χ1v) is 7.32. The van der Waals surface area contributed by atoms with Crippen LogP contribution in [0.4, 0.5) is 0 Å². The summed E-state index contributed by atoms with van der Waals surface area (Å²) in [6.07, 6.45) is 2.05. The van der Waals surface area contributed by atoms with Crippen molar-refractivity contribution >= 4 is 16.7 Å². The molecule has 1 N–H and O–H groups in total. The fraction of sp³-hybridized carbons (Fsp3) is 0.462. The van der Waals surface area contributed by atoms with Crippen LogP contribution in [0.2, 0.25) is 0 Å². The van der Waals surface area contributed by atoms with Gasteiger partial charge in [-0.3, -0.25) is 9.00 Å². The number of nitrogens with one attached hydrogen (secondary N) is 1. The minimum atomic E-state index is -0.826. The van der Waals surface area contributed by atoms with Gasteiger partial charge in [0, 0.05) is 34.9 Å². The van der Waals surface area contributed by atoms with E-state index >= 15 is 0 Å². The molecule has 1 atom stereocenters. The normalized spacial score (nSPS) is 12.1. The number of carbonyl (C=O) groups is 1. The Kier molecular flexibility index (Phi) is 5.91. The Morgan fingerprint density at radius 1 is 1.41 bits per heavy atom. The molecule has 0 aromatic heterocycles. The van der Waals surface area contributed by atoms with Gasteiger partial charge in [0.2, 0.25) is 0 Å². The maximum absolute atomic E-state index is 11.7. The molecule has 17 heavy (non-hydrogen) atoms. The van der Waals surface area contributed by atoms with Crippen LogP contribution in [0.15, 0.2) is 24.3 Å². The molecule has 1 rings (SSSR count). The van der Waals surface area contributed by atoms with Crippen molar-refractivity contribution in [3.8, 4) is 0 Å². The molecule has 0 aliphatic heterocycles. The average Bonchev–Trinajstić information content (AvgIpc) is 2.35. The Morgan fingerprint density at radius 2 is 2.18 bits per heavy atom. The van der Waals surface area contributed by atoms with E-state index in [-0.39, 0.29) is 5.91 Å². The fourth-order valence-electron chi connectivity index (χ4n) is 1.51. The molecule has 0 aliphatic rings. The SMILES string of the molecule is CCCC[S@@](=O)Cc1cccc(C(=O)NC)c1. The second-order valence-electron chi connectivity index (χ2n) is 3.92. The molecule has 0 unspecified atom stereocenters. The van der Waals surface area contributed by atoms with Crippen molar-refractivity contribution < 1.29 is 9.00 Å². The lowest BCUT2D eigenvalue weighted by Crippen LogP contribution is -2.17. The van der Waals surface area contributed by atoms with Gasteiger partial charge in [0.25, 0.3) is 5.91 Å². The van der Waals surface area contributed by atoms with Crippen LogP contribution in [0.3, 0.4) is 0 Å². The third kappa shape index (κ3) is 4.69. The number of unbranched alkanes of at least 4 members (excludes halogenated alkanes) is 1. The van der Waals surface area contributed by atoms with Gasteiger partial charge in [-0.2, -0.15) is 0 Å². The van der Waals surface area contributed by atoms with Crippen LogP contribution in [0.5, 0.6) is 0 Å². The highest BCUT2D eigenvalue weighted by atomic mass is 32.2. The zero-order valence-electron chi connectivity index (χ0n) is 10.4. The Balaban J connectivity index is 2.65. The van der Waals surface area contributed by atoms with E-state index in [2.05, 4.69) is 12.2 Å². The summed E-state index contributed by atoms with van der Waals surface area (Å²) in [5, 5.41) is 2.58. The first-order chi connectivity index (χ1) is 8.17. The van der Waals surface area contributed by atoms with Crippen LogP contribution in [0.25, 0.3) is 0 Å². The highest BCUT2D eigenvalue weighted by Gasteiger charge is 2.06. The van der Waals surface area contributed by atoms with Crippen molar-refractivity contribution in [1.29, 1.82) is 0 Å². The molecule has 0 heterocycles. The van der Waals surface area contributed by atoms with Crippen LogP contribution < -0.4 is 5.32 Å². The number of benzene rings is 1. The molecular weight excluding hydrogens is 234 g/mol. The Labute approximate surface area is 105 Å². The average molecular weight is 253 g/mol. The minimum absolute atomic E-state index is 0.105. The van der Waals surface area contributed by atoms with Crippen molar-refractivity contribution in [2.24, 2.45) is 0 Å². The quantitative estimate of drug-likeness (QED) is 0.844. The zero-order valence-corrected chi connectivity index (χ0v) is 11.2. The van der Waals surface area contributed by atoms with Crippen molar-refractivity contribution in [2.75, 3.05) is 12.8 Å². The van der Waals surface area contributed by atoms with E-state index in [0.717, 1.165) is 24.2 Å². The molecule has 1 amide bonds. The molecule has 0 radical (unpaired) electrons. The molecule has 0 spiro atoms. The molecule has 3 nitrogen and oxygen atoms in total. The van der Waals surface area contributed by atoms with Crippen molar-refractivity contribution in [3.05, 3.63) is 35.4 Å². The molecule has 0 saturated carbocycles. The lowest BCUT2D eigenvalue weighted by molar-refractivity contribution is 0.0963. The number of amides is 1. The van der Waals surface area contributed by atoms with Gasteiger partial charge in [-0.15, -0.1) is 0 Å². The van der Waals surface area contributed by atoms with Crippen LogP contribution in [-0.2, 0) is 16.6 Å². The summed E-state index contributed by atoms with van der Waals surface area (Å²) in [7, 11) is 0.780.